The van der Waals surface area contributed by atoms with Crippen LogP contribution in [0.1, 0.15) is 84.6 Å². The second-order valence-electron chi connectivity index (χ2n) is 10.7. The number of aromatic hydroxyl groups is 3. The molecule has 0 aliphatic rings. The number of benzene rings is 2. The van der Waals surface area contributed by atoms with Crippen LogP contribution < -0.4 is 0 Å². The van der Waals surface area contributed by atoms with E-state index in [0.717, 1.165) is 22.3 Å². The van der Waals surface area contributed by atoms with Gasteiger partial charge in [-0.05, 0) is 52.5 Å². The molecule has 0 aliphatic carbocycles. The normalized spacial score (nSPS) is 12.4. The van der Waals surface area contributed by atoms with Gasteiger partial charge in [-0.15, -0.1) is 0 Å². The molecule has 0 saturated heterocycles. The molecule has 0 aliphatic heterocycles. The molecule has 0 unspecified atom stereocenters. The van der Waals surface area contributed by atoms with Gasteiger partial charge in [-0.3, -0.25) is 0 Å². The van der Waals surface area contributed by atoms with Gasteiger partial charge in [-0.25, -0.2) is 0 Å². The number of aryl methyl sites for hydroxylation is 1. The summed E-state index contributed by atoms with van der Waals surface area (Å²) in [5.41, 5.74) is 3.35. The maximum absolute atomic E-state index is 10.0. The topological polar surface area (TPSA) is 60.7 Å². The van der Waals surface area contributed by atoms with Gasteiger partial charge in [-0.2, -0.15) is 0 Å². The molecule has 0 heterocycles. The molecule has 0 radical (unpaired) electrons. The molecule has 2 aromatic rings. The second-order valence-corrected chi connectivity index (χ2v) is 10.7. The zero-order chi connectivity index (χ0) is 22.1. The standard InChI is InChI=1S/C14H22O2.C11H16O/c1-13(2,3)9-7-12(16)10(8-11(9)15)14(4,5)6;1-8-5-6-9(10(12)7-8)11(2,3)4/h7-8,15-16H,1-6H3;5-7,12H,1-4H3. The van der Waals surface area contributed by atoms with Crippen molar-refractivity contribution in [3.8, 4) is 17.2 Å². The number of phenolic OH excluding ortho intramolecular Hbond substituents is 3. The van der Waals surface area contributed by atoms with E-state index in [-0.39, 0.29) is 27.7 Å². The van der Waals surface area contributed by atoms with Crippen LogP contribution in [0.15, 0.2) is 30.3 Å². The summed E-state index contributed by atoms with van der Waals surface area (Å²) in [7, 11) is 0. The molecule has 0 spiro atoms. The van der Waals surface area contributed by atoms with E-state index in [0.29, 0.717) is 5.75 Å². The second kappa shape index (κ2) is 8.06. The monoisotopic (exact) mass is 386 g/mol. The van der Waals surface area contributed by atoms with Crippen LogP contribution >= 0.6 is 0 Å². The van der Waals surface area contributed by atoms with E-state index >= 15 is 0 Å². The lowest BCUT2D eigenvalue weighted by Gasteiger charge is -2.25. The maximum Gasteiger partial charge on any atom is 0.119 e. The molecular weight excluding hydrogens is 348 g/mol. The molecule has 0 bridgehead atoms. The first-order valence-corrected chi connectivity index (χ1v) is 9.81. The molecule has 0 atom stereocenters. The highest BCUT2D eigenvalue weighted by molar-refractivity contribution is 5.50. The summed E-state index contributed by atoms with van der Waals surface area (Å²) in [5, 5.41) is 29.6. The van der Waals surface area contributed by atoms with Gasteiger partial charge < -0.3 is 15.3 Å². The zero-order valence-electron chi connectivity index (χ0n) is 19.2. The highest BCUT2D eigenvalue weighted by Crippen LogP contribution is 2.39. The van der Waals surface area contributed by atoms with E-state index in [1.807, 2.05) is 60.6 Å². The van der Waals surface area contributed by atoms with Crippen LogP contribution in [0.4, 0.5) is 0 Å². The van der Waals surface area contributed by atoms with Crippen LogP contribution in [0.3, 0.4) is 0 Å². The van der Waals surface area contributed by atoms with Gasteiger partial charge in [0.2, 0.25) is 0 Å². The van der Waals surface area contributed by atoms with E-state index in [1.54, 1.807) is 18.2 Å². The predicted octanol–water partition coefficient (Wildman–Crippen LogP) is 6.69. The fourth-order valence-corrected chi connectivity index (χ4v) is 3.05. The molecule has 2 aromatic carbocycles. The van der Waals surface area contributed by atoms with Gasteiger partial charge in [0.15, 0.2) is 0 Å². The predicted molar refractivity (Wildman–Crippen MR) is 119 cm³/mol. The Bertz CT molecular complexity index is 774. The van der Waals surface area contributed by atoms with Crippen molar-refractivity contribution in [1.29, 1.82) is 0 Å². The van der Waals surface area contributed by atoms with Crippen LogP contribution in [0.5, 0.6) is 17.2 Å². The Balaban J connectivity index is 0.000000292. The van der Waals surface area contributed by atoms with Crippen LogP contribution in [0, 0.1) is 6.92 Å². The van der Waals surface area contributed by atoms with Gasteiger partial charge in [0, 0.05) is 11.1 Å². The van der Waals surface area contributed by atoms with Crippen molar-refractivity contribution in [3.63, 3.8) is 0 Å². The lowest BCUT2D eigenvalue weighted by atomic mass is 9.81. The van der Waals surface area contributed by atoms with Gasteiger partial charge >= 0.3 is 0 Å². The Hall–Kier alpha value is -2.16. The summed E-state index contributed by atoms with van der Waals surface area (Å²) in [5.74, 6) is 0.924. The van der Waals surface area contributed by atoms with E-state index in [2.05, 4.69) is 20.8 Å². The SMILES string of the molecule is CC(C)(C)c1cc(O)c(C(C)(C)C)cc1O.Cc1ccc(C(C)(C)C)c(O)c1. The van der Waals surface area contributed by atoms with Crippen molar-refractivity contribution in [2.75, 3.05) is 0 Å². The van der Waals surface area contributed by atoms with Crippen molar-refractivity contribution >= 4 is 0 Å². The van der Waals surface area contributed by atoms with Crippen LogP contribution in [0.25, 0.3) is 0 Å². The number of hydrogen-bond donors (Lipinski definition) is 3. The van der Waals surface area contributed by atoms with Gasteiger partial charge in [-0.1, -0.05) is 74.4 Å². The van der Waals surface area contributed by atoms with Crippen LogP contribution in [-0.4, -0.2) is 15.3 Å². The largest absolute Gasteiger partial charge is 0.508 e. The average molecular weight is 387 g/mol. The third kappa shape index (κ3) is 6.19. The molecule has 0 saturated carbocycles. The molecule has 0 aromatic heterocycles. The Morgan fingerprint density at radius 3 is 1.11 bits per heavy atom. The first-order chi connectivity index (χ1) is 12.4. The van der Waals surface area contributed by atoms with E-state index < -0.39 is 0 Å². The summed E-state index contributed by atoms with van der Waals surface area (Å²) < 4.78 is 0. The fourth-order valence-electron chi connectivity index (χ4n) is 3.05. The maximum atomic E-state index is 10.0. The summed E-state index contributed by atoms with van der Waals surface area (Å²) in [6, 6.07) is 9.18. The molecular formula is C25H38O3. The molecule has 3 nitrogen and oxygen atoms in total. The number of hydrogen-bond acceptors (Lipinski definition) is 3. The Labute approximate surface area is 171 Å². The van der Waals surface area contributed by atoms with Crippen molar-refractivity contribution in [2.24, 2.45) is 0 Å². The van der Waals surface area contributed by atoms with Crippen LogP contribution in [-0.2, 0) is 16.2 Å². The number of rotatable bonds is 0. The minimum atomic E-state index is -0.169. The minimum Gasteiger partial charge on any atom is -0.508 e. The summed E-state index contributed by atoms with van der Waals surface area (Å²) >= 11 is 0. The van der Waals surface area contributed by atoms with E-state index in [4.69, 9.17) is 0 Å². The van der Waals surface area contributed by atoms with Gasteiger partial charge in [0.05, 0.1) is 0 Å². The fraction of sp³-hybridized carbons (Fsp3) is 0.520. The minimum absolute atomic E-state index is 0.0256. The Morgan fingerprint density at radius 2 is 0.821 bits per heavy atom. The van der Waals surface area contributed by atoms with Gasteiger partial charge in [0.1, 0.15) is 17.2 Å². The van der Waals surface area contributed by atoms with Crippen molar-refractivity contribution < 1.29 is 15.3 Å². The summed E-state index contributed by atoms with van der Waals surface area (Å²) in [6.07, 6.45) is 0. The zero-order valence-corrected chi connectivity index (χ0v) is 19.2. The molecule has 0 fully saturated rings. The van der Waals surface area contributed by atoms with Gasteiger partial charge in [0.25, 0.3) is 0 Å². The van der Waals surface area contributed by atoms with Crippen LogP contribution in [0.2, 0.25) is 0 Å². The van der Waals surface area contributed by atoms with Crippen molar-refractivity contribution in [2.45, 2.75) is 85.5 Å². The molecule has 3 heteroatoms. The number of phenols is 3. The highest BCUT2D eigenvalue weighted by atomic mass is 16.3. The lowest BCUT2D eigenvalue weighted by Crippen LogP contribution is -2.15. The van der Waals surface area contributed by atoms with Crippen molar-refractivity contribution in [1.82, 2.24) is 0 Å². The smallest absolute Gasteiger partial charge is 0.119 e. The quantitative estimate of drug-likeness (QED) is 0.442. The van der Waals surface area contributed by atoms with E-state index in [1.165, 1.54) is 0 Å². The average Bonchev–Trinajstić information content (AvgIpc) is 2.46. The third-order valence-corrected chi connectivity index (χ3v) is 4.69. The molecule has 28 heavy (non-hydrogen) atoms. The third-order valence-electron chi connectivity index (χ3n) is 4.69. The Kier molecular flexibility index (Phi) is 6.88. The molecule has 2 rings (SSSR count). The first kappa shape index (κ1) is 23.9. The summed E-state index contributed by atoms with van der Waals surface area (Å²) in [6.45, 7) is 20.3. The Morgan fingerprint density at radius 1 is 0.500 bits per heavy atom. The first-order valence-electron chi connectivity index (χ1n) is 9.81. The molecule has 156 valence electrons. The summed E-state index contributed by atoms with van der Waals surface area (Å²) in [4.78, 5) is 0. The molecule has 0 amide bonds. The highest BCUT2D eigenvalue weighted by Gasteiger charge is 2.24. The lowest BCUT2D eigenvalue weighted by molar-refractivity contribution is 0.419. The van der Waals surface area contributed by atoms with Crippen molar-refractivity contribution in [3.05, 3.63) is 52.6 Å². The van der Waals surface area contributed by atoms with E-state index in [9.17, 15) is 15.3 Å². The molecule has 3 N–H and O–H groups in total.